The molecule has 1 aliphatic carbocycles. The van der Waals surface area contributed by atoms with Crippen LogP contribution in [0.5, 0.6) is 0 Å². The normalized spacial score (nSPS) is 13.8. The number of ether oxygens (including phenoxy) is 1. The number of hydrogen-bond donors (Lipinski definition) is 2. The molecule has 4 nitrogen and oxygen atoms in total. The number of nitrogens with zero attached hydrogens (tertiary/aromatic N) is 1. The molecule has 2 rings (SSSR count). The monoisotopic (exact) mass is 221 g/mol. The zero-order chi connectivity index (χ0) is 11.2. The second-order valence-corrected chi connectivity index (χ2v) is 3.98. The van der Waals surface area contributed by atoms with Crippen LogP contribution < -0.4 is 11.1 Å². The molecule has 0 radical (unpaired) electrons. The summed E-state index contributed by atoms with van der Waals surface area (Å²) in [6.07, 6.45) is 3.54. The largest absolute Gasteiger partial charge is 0.378 e. The highest BCUT2D eigenvalue weighted by Crippen LogP contribution is 2.21. The lowest BCUT2D eigenvalue weighted by Crippen LogP contribution is -2.15. The van der Waals surface area contributed by atoms with Crippen molar-refractivity contribution in [2.24, 2.45) is 5.73 Å². The third-order valence-electron chi connectivity index (χ3n) is 2.74. The van der Waals surface area contributed by atoms with Gasteiger partial charge in [-0.05, 0) is 30.9 Å². The van der Waals surface area contributed by atoms with Gasteiger partial charge in [0.15, 0.2) is 0 Å². The molecular formula is C12H19N3O. The molecular weight excluding hydrogens is 202 g/mol. The highest BCUT2D eigenvalue weighted by molar-refractivity contribution is 5.40. The van der Waals surface area contributed by atoms with Gasteiger partial charge in [0.25, 0.3) is 0 Å². The van der Waals surface area contributed by atoms with Crippen molar-refractivity contribution in [3.05, 3.63) is 23.4 Å². The minimum atomic E-state index is 0.580. The summed E-state index contributed by atoms with van der Waals surface area (Å²) < 4.78 is 5.28. The van der Waals surface area contributed by atoms with Crippen molar-refractivity contribution in [3.63, 3.8) is 0 Å². The number of aromatic nitrogens is 1. The standard InChI is InChI=1S/C12H19N3O/c13-6-8-16-9-7-14-12-5-4-10-2-1-3-11(10)15-12/h4-5H,1-3,6-9,13H2,(H,14,15). The van der Waals surface area contributed by atoms with Crippen LogP contribution in [0.2, 0.25) is 0 Å². The van der Waals surface area contributed by atoms with Crippen molar-refractivity contribution >= 4 is 5.82 Å². The summed E-state index contributed by atoms with van der Waals surface area (Å²) in [6.45, 7) is 2.66. The van der Waals surface area contributed by atoms with E-state index < -0.39 is 0 Å². The molecule has 16 heavy (non-hydrogen) atoms. The summed E-state index contributed by atoms with van der Waals surface area (Å²) >= 11 is 0. The Kier molecular flexibility index (Phi) is 4.13. The Morgan fingerprint density at radius 3 is 3.12 bits per heavy atom. The van der Waals surface area contributed by atoms with Gasteiger partial charge in [-0.15, -0.1) is 0 Å². The Morgan fingerprint density at radius 1 is 1.31 bits per heavy atom. The Bertz CT molecular complexity index is 341. The van der Waals surface area contributed by atoms with E-state index in [0.29, 0.717) is 19.8 Å². The van der Waals surface area contributed by atoms with E-state index in [1.807, 2.05) is 6.07 Å². The molecule has 0 saturated heterocycles. The Balaban J connectivity index is 1.77. The fraction of sp³-hybridized carbons (Fsp3) is 0.583. The molecule has 1 aromatic rings. The summed E-state index contributed by atoms with van der Waals surface area (Å²) in [5, 5.41) is 3.26. The number of rotatable bonds is 6. The number of hydrogen-bond acceptors (Lipinski definition) is 4. The number of fused-ring (bicyclic) bond motifs is 1. The van der Waals surface area contributed by atoms with Gasteiger partial charge in [0.2, 0.25) is 0 Å². The van der Waals surface area contributed by atoms with Crippen molar-refractivity contribution in [2.75, 3.05) is 31.6 Å². The molecule has 88 valence electrons. The van der Waals surface area contributed by atoms with Crippen molar-refractivity contribution in [3.8, 4) is 0 Å². The summed E-state index contributed by atoms with van der Waals surface area (Å²) in [5.41, 5.74) is 7.99. The molecule has 0 aromatic carbocycles. The third-order valence-corrected chi connectivity index (χ3v) is 2.74. The van der Waals surface area contributed by atoms with Crippen molar-refractivity contribution in [1.82, 2.24) is 4.98 Å². The first-order chi connectivity index (χ1) is 7.90. The van der Waals surface area contributed by atoms with Gasteiger partial charge >= 0.3 is 0 Å². The predicted octanol–water partition coefficient (Wildman–Crippen LogP) is 0.957. The topological polar surface area (TPSA) is 60.2 Å². The van der Waals surface area contributed by atoms with E-state index in [1.165, 1.54) is 24.1 Å². The molecule has 0 atom stereocenters. The highest BCUT2D eigenvalue weighted by Gasteiger charge is 2.11. The first kappa shape index (κ1) is 11.4. The van der Waals surface area contributed by atoms with Crippen molar-refractivity contribution < 1.29 is 4.74 Å². The number of nitrogens with two attached hydrogens (primary N) is 1. The van der Waals surface area contributed by atoms with Crippen molar-refractivity contribution in [2.45, 2.75) is 19.3 Å². The average Bonchev–Trinajstić information content (AvgIpc) is 2.76. The Labute approximate surface area is 96.2 Å². The molecule has 0 spiro atoms. The second-order valence-electron chi connectivity index (χ2n) is 3.98. The molecule has 0 bridgehead atoms. The molecule has 0 saturated carbocycles. The first-order valence-corrected chi connectivity index (χ1v) is 5.90. The molecule has 1 aliphatic rings. The van der Waals surface area contributed by atoms with Crippen LogP contribution >= 0.6 is 0 Å². The van der Waals surface area contributed by atoms with Gasteiger partial charge < -0.3 is 15.8 Å². The minimum Gasteiger partial charge on any atom is -0.378 e. The fourth-order valence-corrected chi connectivity index (χ4v) is 1.96. The molecule has 0 aliphatic heterocycles. The summed E-state index contributed by atoms with van der Waals surface area (Å²) in [6, 6.07) is 4.23. The molecule has 1 heterocycles. The van der Waals surface area contributed by atoms with Crippen LogP contribution in [0, 0.1) is 0 Å². The fourth-order valence-electron chi connectivity index (χ4n) is 1.96. The molecule has 4 heteroatoms. The third kappa shape index (κ3) is 2.93. The van der Waals surface area contributed by atoms with Gasteiger partial charge in [0, 0.05) is 18.8 Å². The van der Waals surface area contributed by atoms with Crippen LogP contribution in [-0.4, -0.2) is 31.3 Å². The number of aryl methyl sites for hydroxylation is 2. The van der Waals surface area contributed by atoms with Crippen LogP contribution in [-0.2, 0) is 17.6 Å². The summed E-state index contributed by atoms with van der Waals surface area (Å²) in [5.74, 6) is 0.956. The number of nitrogens with one attached hydrogen (secondary N) is 1. The van der Waals surface area contributed by atoms with Gasteiger partial charge in [-0.1, -0.05) is 6.07 Å². The average molecular weight is 221 g/mol. The maximum absolute atomic E-state index is 5.33. The van der Waals surface area contributed by atoms with Gasteiger partial charge in [-0.25, -0.2) is 4.98 Å². The quantitative estimate of drug-likeness (QED) is 0.702. The van der Waals surface area contributed by atoms with Crippen molar-refractivity contribution in [1.29, 1.82) is 0 Å². The lowest BCUT2D eigenvalue weighted by Gasteiger charge is -2.07. The van der Waals surface area contributed by atoms with E-state index in [2.05, 4.69) is 16.4 Å². The molecule has 0 fully saturated rings. The zero-order valence-corrected chi connectivity index (χ0v) is 9.54. The lowest BCUT2D eigenvalue weighted by molar-refractivity contribution is 0.151. The predicted molar refractivity (Wildman–Crippen MR) is 64.6 cm³/mol. The van der Waals surface area contributed by atoms with Gasteiger partial charge in [-0.3, -0.25) is 0 Å². The van der Waals surface area contributed by atoms with Crippen LogP contribution in [0.1, 0.15) is 17.7 Å². The molecule has 3 N–H and O–H groups in total. The van der Waals surface area contributed by atoms with E-state index in [1.54, 1.807) is 0 Å². The number of anilines is 1. The van der Waals surface area contributed by atoms with E-state index in [0.717, 1.165) is 18.8 Å². The highest BCUT2D eigenvalue weighted by atomic mass is 16.5. The van der Waals surface area contributed by atoms with Gasteiger partial charge in [-0.2, -0.15) is 0 Å². The van der Waals surface area contributed by atoms with Crippen LogP contribution in [0.25, 0.3) is 0 Å². The van der Waals surface area contributed by atoms with E-state index in [9.17, 15) is 0 Å². The Hall–Kier alpha value is -1.13. The second kappa shape index (κ2) is 5.82. The lowest BCUT2D eigenvalue weighted by atomic mass is 10.2. The molecule has 1 aromatic heterocycles. The van der Waals surface area contributed by atoms with Crippen LogP contribution in [0.3, 0.4) is 0 Å². The minimum absolute atomic E-state index is 0.580. The van der Waals surface area contributed by atoms with E-state index >= 15 is 0 Å². The summed E-state index contributed by atoms with van der Waals surface area (Å²) in [4.78, 5) is 4.58. The SMILES string of the molecule is NCCOCCNc1ccc2c(n1)CCC2. The van der Waals surface area contributed by atoms with Crippen LogP contribution in [0.15, 0.2) is 12.1 Å². The maximum Gasteiger partial charge on any atom is 0.126 e. The summed E-state index contributed by atoms with van der Waals surface area (Å²) in [7, 11) is 0. The van der Waals surface area contributed by atoms with E-state index in [-0.39, 0.29) is 0 Å². The number of pyridine rings is 1. The van der Waals surface area contributed by atoms with Gasteiger partial charge in [0.05, 0.1) is 13.2 Å². The smallest absolute Gasteiger partial charge is 0.126 e. The molecule has 0 unspecified atom stereocenters. The first-order valence-electron chi connectivity index (χ1n) is 5.90. The maximum atomic E-state index is 5.33. The van der Waals surface area contributed by atoms with Gasteiger partial charge in [0.1, 0.15) is 5.82 Å². The molecule has 0 amide bonds. The van der Waals surface area contributed by atoms with E-state index in [4.69, 9.17) is 10.5 Å². The Morgan fingerprint density at radius 2 is 2.25 bits per heavy atom. The van der Waals surface area contributed by atoms with Crippen LogP contribution in [0.4, 0.5) is 5.82 Å². The zero-order valence-electron chi connectivity index (χ0n) is 9.54.